The second kappa shape index (κ2) is 7.68. The van der Waals surface area contributed by atoms with Crippen LogP contribution < -0.4 is 4.74 Å². The van der Waals surface area contributed by atoms with Gasteiger partial charge in [0.15, 0.2) is 0 Å². The number of carbonyl (C=O) groups excluding carboxylic acids is 1. The zero-order valence-electron chi connectivity index (χ0n) is 14.7. The number of piperazine rings is 1. The Balaban J connectivity index is 1.66. The number of benzene rings is 1. The summed E-state index contributed by atoms with van der Waals surface area (Å²) < 4.78 is 11.2. The highest BCUT2D eigenvalue weighted by Gasteiger charge is 2.25. The predicted octanol–water partition coefficient (Wildman–Crippen LogP) is 2.93. The van der Waals surface area contributed by atoms with Gasteiger partial charge in [0.05, 0.1) is 0 Å². The Bertz CT molecular complexity index is 500. The number of amides is 1. The molecule has 1 fully saturated rings. The van der Waals surface area contributed by atoms with E-state index in [1.807, 2.05) is 32.9 Å². The third-order valence-electron chi connectivity index (χ3n) is 3.72. The molecule has 5 nitrogen and oxygen atoms in total. The number of carbonyl (C=O) groups is 1. The van der Waals surface area contributed by atoms with Crippen LogP contribution in [-0.2, 0) is 4.74 Å². The topological polar surface area (TPSA) is 42.0 Å². The molecule has 0 saturated carbocycles. The summed E-state index contributed by atoms with van der Waals surface area (Å²) in [5.74, 6) is 0.906. The zero-order chi connectivity index (χ0) is 16.9. The van der Waals surface area contributed by atoms with Crippen molar-refractivity contribution in [3.63, 3.8) is 0 Å². The lowest BCUT2D eigenvalue weighted by Gasteiger charge is -2.35. The molecular weight excluding hydrogens is 292 g/mol. The van der Waals surface area contributed by atoms with Crippen molar-refractivity contribution in [3.05, 3.63) is 29.8 Å². The Morgan fingerprint density at radius 2 is 1.70 bits per heavy atom. The van der Waals surface area contributed by atoms with Gasteiger partial charge in [-0.3, -0.25) is 4.90 Å². The first-order valence-corrected chi connectivity index (χ1v) is 8.23. The van der Waals surface area contributed by atoms with Gasteiger partial charge in [-0.25, -0.2) is 4.79 Å². The molecule has 0 spiro atoms. The lowest BCUT2D eigenvalue weighted by molar-refractivity contribution is 0.0137. The van der Waals surface area contributed by atoms with Crippen LogP contribution >= 0.6 is 0 Å². The standard InChI is InChI=1S/C18H28N2O3/c1-15-5-7-16(8-6-15)22-14-13-19-9-11-20(12-10-19)17(21)23-18(2,3)4/h5-8H,9-14H2,1-4H3. The number of ether oxygens (including phenoxy) is 2. The normalized spacial score (nSPS) is 16.3. The van der Waals surface area contributed by atoms with Gasteiger partial charge >= 0.3 is 6.09 Å². The molecule has 2 rings (SSSR count). The fourth-order valence-corrected chi connectivity index (χ4v) is 2.41. The highest BCUT2D eigenvalue weighted by molar-refractivity contribution is 5.68. The van der Waals surface area contributed by atoms with Gasteiger partial charge in [-0.2, -0.15) is 0 Å². The van der Waals surface area contributed by atoms with E-state index in [2.05, 4.69) is 24.0 Å². The molecular formula is C18H28N2O3. The van der Waals surface area contributed by atoms with E-state index in [1.54, 1.807) is 4.90 Å². The molecule has 0 N–H and O–H groups in total. The van der Waals surface area contributed by atoms with Gasteiger partial charge in [-0.15, -0.1) is 0 Å². The maximum atomic E-state index is 12.0. The van der Waals surface area contributed by atoms with Crippen molar-refractivity contribution in [3.8, 4) is 5.75 Å². The summed E-state index contributed by atoms with van der Waals surface area (Å²) in [6.07, 6.45) is -0.215. The second-order valence-electron chi connectivity index (χ2n) is 6.97. The molecule has 5 heteroatoms. The Hall–Kier alpha value is -1.75. The van der Waals surface area contributed by atoms with Gasteiger partial charge in [-0.1, -0.05) is 17.7 Å². The zero-order valence-corrected chi connectivity index (χ0v) is 14.7. The summed E-state index contributed by atoms with van der Waals surface area (Å²) in [6.45, 7) is 12.4. The van der Waals surface area contributed by atoms with Crippen LogP contribution in [0.5, 0.6) is 5.75 Å². The van der Waals surface area contributed by atoms with Crippen molar-refractivity contribution in [1.29, 1.82) is 0 Å². The lowest BCUT2D eigenvalue weighted by Crippen LogP contribution is -2.50. The Morgan fingerprint density at radius 3 is 2.26 bits per heavy atom. The summed E-state index contributed by atoms with van der Waals surface area (Å²) in [4.78, 5) is 16.1. The summed E-state index contributed by atoms with van der Waals surface area (Å²) in [5.41, 5.74) is 0.798. The van der Waals surface area contributed by atoms with Gasteiger partial charge in [0.25, 0.3) is 0 Å². The van der Waals surface area contributed by atoms with Crippen LogP contribution in [0.4, 0.5) is 4.79 Å². The molecule has 1 aliphatic rings. The summed E-state index contributed by atoms with van der Waals surface area (Å²) in [5, 5.41) is 0. The van der Waals surface area contributed by atoms with E-state index in [0.29, 0.717) is 19.7 Å². The molecule has 23 heavy (non-hydrogen) atoms. The number of rotatable bonds is 4. The van der Waals surface area contributed by atoms with Crippen molar-refractivity contribution in [1.82, 2.24) is 9.80 Å². The van der Waals surface area contributed by atoms with Crippen LogP contribution in [0.1, 0.15) is 26.3 Å². The molecule has 1 aromatic rings. The molecule has 1 aliphatic heterocycles. The van der Waals surface area contributed by atoms with E-state index < -0.39 is 5.60 Å². The van der Waals surface area contributed by atoms with Crippen molar-refractivity contribution in [2.45, 2.75) is 33.3 Å². The number of hydrogen-bond acceptors (Lipinski definition) is 4. The van der Waals surface area contributed by atoms with E-state index in [0.717, 1.165) is 25.4 Å². The van der Waals surface area contributed by atoms with Gasteiger partial charge in [0.2, 0.25) is 0 Å². The Kier molecular flexibility index (Phi) is 5.88. The first kappa shape index (κ1) is 17.6. The monoisotopic (exact) mass is 320 g/mol. The van der Waals surface area contributed by atoms with Crippen LogP contribution in [0, 0.1) is 6.92 Å². The van der Waals surface area contributed by atoms with Crippen LogP contribution in [0.3, 0.4) is 0 Å². The minimum absolute atomic E-state index is 0.215. The molecule has 0 aromatic heterocycles. The average Bonchev–Trinajstić information content (AvgIpc) is 2.48. The second-order valence-corrected chi connectivity index (χ2v) is 6.97. The highest BCUT2D eigenvalue weighted by atomic mass is 16.6. The third-order valence-corrected chi connectivity index (χ3v) is 3.72. The quantitative estimate of drug-likeness (QED) is 0.855. The number of aryl methyl sites for hydroxylation is 1. The van der Waals surface area contributed by atoms with E-state index >= 15 is 0 Å². The first-order valence-electron chi connectivity index (χ1n) is 8.23. The smallest absolute Gasteiger partial charge is 0.410 e. The lowest BCUT2D eigenvalue weighted by atomic mass is 10.2. The minimum Gasteiger partial charge on any atom is -0.492 e. The highest BCUT2D eigenvalue weighted by Crippen LogP contribution is 2.13. The van der Waals surface area contributed by atoms with E-state index in [9.17, 15) is 4.79 Å². The SMILES string of the molecule is Cc1ccc(OCCN2CCN(C(=O)OC(C)(C)C)CC2)cc1. The molecule has 0 bridgehead atoms. The molecule has 0 aliphatic carbocycles. The molecule has 1 saturated heterocycles. The van der Waals surface area contributed by atoms with Gasteiger partial charge in [-0.05, 0) is 39.8 Å². The van der Waals surface area contributed by atoms with Crippen LogP contribution in [0.2, 0.25) is 0 Å². The Morgan fingerprint density at radius 1 is 1.09 bits per heavy atom. The largest absolute Gasteiger partial charge is 0.492 e. The van der Waals surface area contributed by atoms with E-state index in [-0.39, 0.29) is 6.09 Å². The summed E-state index contributed by atoms with van der Waals surface area (Å²) >= 11 is 0. The molecule has 0 radical (unpaired) electrons. The summed E-state index contributed by atoms with van der Waals surface area (Å²) in [7, 11) is 0. The average molecular weight is 320 g/mol. The Labute approximate surface area is 139 Å². The fourth-order valence-electron chi connectivity index (χ4n) is 2.41. The molecule has 128 valence electrons. The number of nitrogens with zero attached hydrogens (tertiary/aromatic N) is 2. The van der Waals surface area contributed by atoms with Crippen molar-refractivity contribution < 1.29 is 14.3 Å². The van der Waals surface area contributed by atoms with Gasteiger partial charge in [0.1, 0.15) is 18.0 Å². The fraction of sp³-hybridized carbons (Fsp3) is 0.611. The third kappa shape index (κ3) is 6.10. The van der Waals surface area contributed by atoms with Crippen LogP contribution in [0.25, 0.3) is 0 Å². The van der Waals surface area contributed by atoms with Crippen LogP contribution in [0.15, 0.2) is 24.3 Å². The van der Waals surface area contributed by atoms with Crippen molar-refractivity contribution >= 4 is 6.09 Å². The number of hydrogen-bond donors (Lipinski definition) is 0. The minimum atomic E-state index is -0.434. The van der Waals surface area contributed by atoms with E-state index in [1.165, 1.54) is 5.56 Å². The molecule has 0 unspecified atom stereocenters. The molecule has 1 amide bonds. The summed E-state index contributed by atoms with van der Waals surface area (Å²) in [6, 6.07) is 8.09. The van der Waals surface area contributed by atoms with E-state index in [4.69, 9.17) is 9.47 Å². The molecule has 1 aromatic carbocycles. The van der Waals surface area contributed by atoms with Crippen molar-refractivity contribution in [2.24, 2.45) is 0 Å². The molecule has 0 atom stereocenters. The van der Waals surface area contributed by atoms with Gasteiger partial charge < -0.3 is 14.4 Å². The predicted molar refractivity (Wildman–Crippen MR) is 90.9 cm³/mol. The molecule has 1 heterocycles. The van der Waals surface area contributed by atoms with Gasteiger partial charge in [0, 0.05) is 32.7 Å². The first-order chi connectivity index (χ1) is 10.8. The van der Waals surface area contributed by atoms with Crippen molar-refractivity contribution in [2.75, 3.05) is 39.3 Å². The maximum absolute atomic E-state index is 12.0. The van der Waals surface area contributed by atoms with Crippen LogP contribution in [-0.4, -0.2) is 60.8 Å². The maximum Gasteiger partial charge on any atom is 0.410 e.